The molecule has 5 heteroatoms. The molecule has 1 heterocycles. The molecule has 0 spiro atoms. The van der Waals surface area contributed by atoms with E-state index in [0.29, 0.717) is 17.9 Å². The summed E-state index contributed by atoms with van der Waals surface area (Å²) in [6.07, 6.45) is 5.49. The largest absolute Gasteiger partial charge is 0.504 e. The van der Waals surface area contributed by atoms with Gasteiger partial charge in [-0.1, -0.05) is 24.6 Å². The summed E-state index contributed by atoms with van der Waals surface area (Å²) in [6, 6.07) is 13.9. The Morgan fingerprint density at radius 2 is 1.78 bits per heavy atom. The molecule has 144 valence electrons. The fourth-order valence-corrected chi connectivity index (χ4v) is 3.55. The van der Waals surface area contributed by atoms with Crippen LogP contribution >= 0.6 is 0 Å². The van der Waals surface area contributed by atoms with Crippen LogP contribution in [0.5, 0.6) is 17.2 Å². The lowest BCUT2D eigenvalue weighted by atomic mass is 10.0. The minimum atomic E-state index is 0.128. The van der Waals surface area contributed by atoms with Crippen LogP contribution in [0.25, 0.3) is 0 Å². The van der Waals surface area contributed by atoms with Crippen molar-refractivity contribution in [2.45, 2.75) is 25.3 Å². The quantitative estimate of drug-likeness (QED) is 0.749. The molecule has 1 atom stereocenters. The maximum Gasteiger partial charge on any atom is 0.166 e. The molecule has 0 radical (unpaired) electrons. The van der Waals surface area contributed by atoms with Crippen LogP contribution in [-0.2, 0) is 0 Å². The number of phenolic OH excluding ortho intramolecular Hbond substituents is 1. The zero-order valence-corrected chi connectivity index (χ0v) is 16.1. The third-order valence-electron chi connectivity index (χ3n) is 5.09. The smallest absolute Gasteiger partial charge is 0.166 e. The van der Waals surface area contributed by atoms with Gasteiger partial charge in [-0.3, -0.25) is 9.89 Å². The van der Waals surface area contributed by atoms with Crippen LogP contribution in [0, 0.1) is 0 Å². The molecule has 0 unspecified atom stereocenters. The molecule has 1 aliphatic heterocycles. The Morgan fingerprint density at radius 3 is 2.44 bits per heavy atom. The average Bonchev–Trinajstić information content (AvgIpc) is 2.73. The minimum absolute atomic E-state index is 0.128. The molecule has 0 aromatic heterocycles. The molecular weight excluding hydrogens is 340 g/mol. The van der Waals surface area contributed by atoms with Gasteiger partial charge in [0.1, 0.15) is 5.75 Å². The van der Waals surface area contributed by atoms with Crippen LogP contribution in [0.15, 0.2) is 47.5 Å². The molecule has 27 heavy (non-hydrogen) atoms. The van der Waals surface area contributed by atoms with E-state index in [1.54, 1.807) is 26.5 Å². The van der Waals surface area contributed by atoms with Gasteiger partial charge in [0.15, 0.2) is 11.5 Å². The fraction of sp³-hybridized carbons (Fsp3) is 0.409. The number of likely N-dealkylation sites (tertiary alicyclic amines) is 1. The van der Waals surface area contributed by atoms with Crippen molar-refractivity contribution in [2.75, 3.05) is 33.9 Å². The first kappa shape index (κ1) is 19.2. The molecular formula is C22H28N2O3. The molecule has 0 bridgehead atoms. The molecule has 0 amide bonds. The molecule has 1 aliphatic rings. The topological polar surface area (TPSA) is 54.3 Å². The van der Waals surface area contributed by atoms with Crippen molar-refractivity contribution in [3.63, 3.8) is 0 Å². The Bertz CT molecular complexity index is 753. The number of aliphatic imine (C=N–C) groups is 1. The Morgan fingerprint density at radius 1 is 1.04 bits per heavy atom. The summed E-state index contributed by atoms with van der Waals surface area (Å²) in [5.74, 6) is 1.45. The second-order valence-corrected chi connectivity index (χ2v) is 6.78. The van der Waals surface area contributed by atoms with Gasteiger partial charge in [0.25, 0.3) is 0 Å². The highest BCUT2D eigenvalue weighted by Crippen LogP contribution is 2.29. The van der Waals surface area contributed by atoms with E-state index in [9.17, 15) is 5.11 Å². The zero-order valence-electron chi connectivity index (χ0n) is 16.1. The predicted molar refractivity (Wildman–Crippen MR) is 108 cm³/mol. The Balaban J connectivity index is 1.78. The number of benzene rings is 2. The van der Waals surface area contributed by atoms with Gasteiger partial charge in [0.05, 0.1) is 26.8 Å². The summed E-state index contributed by atoms with van der Waals surface area (Å²) in [6.45, 7) is 2.83. The van der Waals surface area contributed by atoms with E-state index >= 15 is 0 Å². The summed E-state index contributed by atoms with van der Waals surface area (Å²) < 4.78 is 10.5. The van der Waals surface area contributed by atoms with Crippen molar-refractivity contribution in [3.8, 4) is 17.2 Å². The number of hydrogen-bond acceptors (Lipinski definition) is 5. The molecule has 0 aliphatic carbocycles. The highest BCUT2D eigenvalue weighted by Gasteiger charge is 2.22. The van der Waals surface area contributed by atoms with E-state index in [-0.39, 0.29) is 11.8 Å². The number of piperidine rings is 1. The number of aromatic hydroxyl groups is 1. The lowest BCUT2D eigenvalue weighted by Gasteiger charge is -2.34. The number of nitrogens with zero attached hydrogens (tertiary/aromatic N) is 2. The first-order chi connectivity index (χ1) is 13.2. The van der Waals surface area contributed by atoms with Crippen LogP contribution in [0.1, 0.15) is 36.4 Å². The van der Waals surface area contributed by atoms with Gasteiger partial charge in [0.2, 0.25) is 0 Å². The molecule has 2 aromatic carbocycles. The predicted octanol–water partition coefficient (Wildman–Crippen LogP) is 4.06. The number of ether oxygens (including phenoxy) is 2. The summed E-state index contributed by atoms with van der Waals surface area (Å²) in [5, 5.41) is 10.2. The third kappa shape index (κ3) is 4.80. The van der Waals surface area contributed by atoms with Gasteiger partial charge in [0, 0.05) is 11.8 Å². The standard InChI is InChI=1S/C22H28N2O3/c1-26-19-11-9-17(10-12-19)20(24-13-4-3-5-14-24)16-23-15-18-7-6-8-21(27-2)22(18)25/h6-12,15,20,25H,3-5,13-14,16H2,1-2H3/t20-/m0/s1. The maximum atomic E-state index is 10.2. The third-order valence-corrected chi connectivity index (χ3v) is 5.09. The van der Waals surface area contributed by atoms with Crippen molar-refractivity contribution in [2.24, 2.45) is 4.99 Å². The highest BCUT2D eigenvalue weighted by molar-refractivity contribution is 5.84. The van der Waals surface area contributed by atoms with E-state index in [1.165, 1.54) is 24.8 Å². The van der Waals surface area contributed by atoms with Crippen molar-refractivity contribution in [1.29, 1.82) is 0 Å². The summed E-state index contributed by atoms with van der Waals surface area (Å²) >= 11 is 0. The Hall–Kier alpha value is -2.53. The first-order valence-electron chi connectivity index (χ1n) is 9.46. The zero-order chi connectivity index (χ0) is 19.1. The summed E-state index contributed by atoms with van der Waals surface area (Å²) in [4.78, 5) is 7.17. The van der Waals surface area contributed by atoms with Crippen molar-refractivity contribution in [1.82, 2.24) is 4.90 Å². The van der Waals surface area contributed by atoms with E-state index in [2.05, 4.69) is 22.0 Å². The lowest BCUT2D eigenvalue weighted by molar-refractivity contribution is 0.168. The SMILES string of the molecule is COc1ccc([C@H](CN=Cc2cccc(OC)c2O)N2CCCCC2)cc1. The molecule has 3 rings (SSSR count). The molecule has 1 N–H and O–H groups in total. The highest BCUT2D eigenvalue weighted by atomic mass is 16.5. The lowest BCUT2D eigenvalue weighted by Crippen LogP contribution is -2.35. The van der Waals surface area contributed by atoms with Crippen LogP contribution in [0.4, 0.5) is 0 Å². The monoisotopic (exact) mass is 368 g/mol. The second-order valence-electron chi connectivity index (χ2n) is 6.78. The summed E-state index contributed by atoms with van der Waals surface area (Å²) in [7, 11) is 3.23. The van der Waals surface area contributed by atoms with Crippen LogP contribution in [0.2, 0.25) is 0 Å². The van der Waals surface area contributed by atoms with Gasteiger partial charge in [-0.2, -0.15) is 0 Å². The van der Waals surface area contributed by atoms with Gasteiger partial charge < -0.3 is 14.6 Å². The number of rotatable bonds is 7. The maximum absolute atomic E-state index is 10.2. The van der Waals surface area contributed by atoms with E-state index in [0.717, 1.165) is 18.8 Å². The molecule has 1 fully saturated rings. The minimum Gasteiger partial charge on any atom is -0.504 e. The van der Waals surface area contributed by atoms with Gasteiger partial charge in [-0.15, -0.1) is 0 Å². The van der Waals surface area contributed by atoms with E-state index in [4.69, 9.17) is 9.47 Å². The van der Waals surface area contributed by atoms with Gasteiger partial charge in [-0.25, -0.2) is 0 Å². The molecule has 2 aromatic rings. The van der Waals surface area contributed by atoms with Crippen LogP contribution in [-0.4, -0.2) is 50.1 Å². The Labute approximate surface area is 161 Å². The average molecular weight is 368 g/mol. The molecule has 1 saturated heterocycles. The van der Waals surface area contributed by atoms with Crippen LogP contribution < -0.4 is 9.47 Å². The van der Waals surface area contributed by atoms with Crippen molar-refractivity contribution in [3.05, 3.63) is 53.6 Å². The molecule has 0 saturated carbocycles. The van der Waals surface area contributed by atoms with Gasteiger partial charge >= 0.3 is 0 Å². The fourth-order valence-electron chi connectivity index (χ4n) is 3.55. The van der Waals surface area contributed by atoms with E-state index < -0.39 is 0 Å². The van der Waals surface area contributed by atoms with Crippen LogP contribution in [0.3, 0.4) is 0 Å². The number of hydrogen-bond donors (Lipinski definition) is 1. The summed E-state index contributed by atoms with van der Waals surface area (Å²) in [5.41, 5.74) is 1.91. The van der Waals surface area contributed by atoms with Crippen molar-refractivity contribution < 1.29 is 14.6 Å². The van der Waals surface area contributed by atoms with Gasteiger partial charge in [-0.05, 0) is 55.8 Å². The van der Waals surface area contributed by atoms with Crippen molar-refractivity contribution >= 4 is 6.21 Å². The number of para-hydroxylation sites is 1. The Kier molecular flexibility index (Phi) is 6.71. The number of phenols is 1. The number of methoxy groups -OCH3 is 2. The second kappa shape index (κ2) is 9.42. The normalized spacial score (nSPS) is 16.4. The van der Waals surface area contributed by atoms with E-state index in [1.807, 2.05) is 24.3 Å². The molecule has 5 nitrogen and oxygen atoms in total. The first-order valence-corrected chi connectivity index (χ1v) is 9.46.